The number of nitrogens with zero attached hydrogens (tertiary/aromatic N) is 5. The SMILES string of the molecule is COc1cc(-c2nc(Nc3cnc4[nH]ncc4c3)n(C)n2)ccc1C=O. The Morgan fingerprint density at radius 2 is 2.15 bits per heavy atom. The molecule has 4 aromatic rings. The first kappa shape index (κ1) is 15.8. The molecule has 0 amide bonds. The molecule has 0 fully saturated rings. The molecule has 0 saturated heterocycles. The Labute approximate surface area is 148 Å². The zero-order chi connectivity index (χ0) is 18.1. The van der Waals surface area contributed by atoms with Gasteiger partial charge in [-0.1, -0.05) is 6.07 Å². The van der Waals surface area contributed by atoms with Crippen LogP contribution in [0.3, 0.4) is 0 Å². The number of nitrogens with one attached hydrogen (secondary N) is 2. The number of rotatable bonds is 5. The minimum absolute atomic E-state index is 0.477. The number of aromatic amines is 1. The molecule has 4 rings (SSSR count). The third-order valence-corrected chi connectivity index (χ3v) is 3.93. The molecule has 1 aromatic carbocycles. The van der Waals surface area contributed by atoms with Gasteiger partial charge < -0.3 is 10.1 Å². The van der Waals surface area contributed by atoms with Crippen molar-refractivity contribution in [2.24, 2.45) is 7.05 Å². The van der Waals surface area contributed by atoms with Crippen LogP contribution in [0.2, 0.25) is 0 Å². The number of fused-ring (bicyclic) bond motifs is 1. The number of benzene rings is 1. The van der Waals surface area contributed by atoms with Gasteiger partial charge in [-0.3, -0.25) is 9.89 Å². The number of anilines is 2. The highest BCUT2D eigenvalue weighted by Crippen LogP contribution is 2.26. The molecule has 130 valence electrons. The van der Waals surface area contributed by atoms with E-state index < -0.39 is 0 Å². The summed E-state index contributed by atoms with van der Waals surface area (Å²) in [5.74, 6) is 1.56. The maximum absolute atomic E-state index is 11.0. The number of ether oxygens (including phenoxy) is 1. The normalized spacial score (nSPS) is 10.8. The van der Waals surface area contributed by atoms with Crippen molar-refractivity contribution in [3.05, 3.63) is 42.2 Å². The predicted molar refractivity (Wildman–Crippen MR) is 95.5 cm³/mol. The number of aldehydes is 1. The van der Waals surface area contributed by atoms with Crippen LogP contribution in [0.15, 0.2) is 36.7 Å². The topological polar surface area (TPSA) is 111 Å². The molecule has 0 saturated carbocycles. The lowest BCUT2D eigenvalue weighted by atomic mass is 10.1. The van der Waals surface area contributed by atoms with Crippen molar-refractivity contribution >= 4 is 29.0 Å². The molecule has 0 aliphatic heterocycles. The van der Waals surface area contributed by atoms with Crippen molar-refractivity contribution < 1.29 is 9.53 Å². The van der Waals surface area contributed by atoms with Crippen LogP contribution in [-0.4, -0.2) is 43.3 Å². The van der Waals surface area contributed by atoms with Gasteiger partial charge in [0.25, 0.3) is 0 Å². The lowest BCUT2D eigenvalue weighted by molar-refractivity contribution is 0.112. The quantitative estimate of drug-likeness (QED) is 0.532. The van der Waals surface area contributed by atoms with E-state index >= 15 is 0 Å². The highest BCUT2D eigenvalue weighted by molar-refractivity contribution is 5.81. The Morgan fingerprint density at radius 1 is 1.27 bits per heavy atom. The molecule has 0 bridgehead atoms. The van der Waals surface area contributed by atoms with Gasteiger partial charge in [0, 0.05) is 18.0 Å². The number of carbonyl (C=O) groups excluding carboxylic acids is 1. The number of pyridine rings is 1. The zero-order valence-corrected chi connectivity index (χ0v) is 14.1. The molecule has 2 N–H and O–H groups in total. The second kappa shape index (κ2) is 6.28. The largest absolute Gasteiger partial charge is 0.496 e. The van der Waals surface area contributed by atoms with Crippen LogP contribution < -0.4 is 10.1 Å². The van der Waals surface area contributed by atoms with Crippen LogP contribution in [0.5, 0.6) is 5.75 Å². The second-order valence-electron chi connectivity index (χ2n) is 5.61. The van der Waals surface area contributed by atoms with E-state index in [0.29, 0.717) is 23.1 Å². The standard InChI is InChI=1S/C17H15N7O2/c1-24-17(20-13-5-12-7-19-22-15(12)18-8-13)21-16(23-24)10-3-4-11(9-25)14(6-10)26-2/h3-9H,1-2H3,(H,18,19,22)(H,20,21,23). The van der Waals surface area contributed by atoms with Crippen LogP contribution in [0.25, 0.3) is 22.4 Å². The molecule has 9 heteroatoms. The van der Waals surface area contributed by atoms with Gasteiger partial charge in [0.15, 0.2) is 17.8 Å². The lowest BCUT2D eigenvalue weighted by Crippen LogP contribution is -2.00. The average Bonchev–Trinajstić information content (AvgIpc) is 3.27. The van der Waals surface area contributed by atoms with Crippen LogP contribution in [0.4, 0.5) is 11.6 Å². The summed E-state index contributed by atoms with van der Waals surface area (Å²) in [5.41, 5.74) is 2.72. The number of aromatic nitrogens is 6. The monoisotopic (exact) mass is 349 g/mol. The summed E-state index contributed by atoms with van der Waals surface area (Å²) < 4.78 is 6.87. The van der Waals surface area contributed by atoms with Crippen LogP contribution >= 0.6 is 0 Å². The number of H-pyrrole nitrogens is 1. The number of carbonyl (C=O) groups is 1. The number of hydrogen-bond acceptors (Lipinski definition) is 7. The number of methoxy groups -OCH3 is 1. The minimum atomic E-state index is 0.477. The maximum atomic E-state index is 11.0. The average molecular weight is 349 g/mol. The molecular formula is C17H15N7O2. The summed E-state index contributed by atoms with van der Waals surface area (Å²) in [6.45, 7) is 0. The number of hydrogen-bond donors (Lipinski definition) is 2. The van der Waals surface area contributed by atoms with Crippen LogP contribution in [-0.2, 0) is 7.05 Å². The summed E-state index contributed by atoms with van der Waals surface area (Å²) in [6.07, 6.45) is 4.15. The van der Waals surface area contributed by atoms with E-state index in [0.717, 1.165) is 28.6 Å². The predicted octanol–water partition coefficient (Wildman–Crippen LogP) is 2.32. The zero-order valence-electron chi connectivity index (χ0n) is 14.1. The first-order valence-corrected chi connectivity index (χ1v) is 7.78. The fraction of sp³-hybridized carbons (Fsp3) is 0.118. The Balaban J connectivity index is 1.65. The van der Waals surface area contributed by atoms with Gasteiger partial charge in [-0.2, -0.15) is 10.1 Å². The molecule has 0 aliphatic carbocycles. The van der Waals surface area contributed by atoms with E-state index in [-0.39, 0.29) is 0 Å². The Hall–Kier alpha value is -3.75. The van der Waals surface area contributed by atoms with Crippen LogP contribution in [0, 0.1) is 0 Å². The van der Waals surface area contributed by atoms with E-state index in [1.807, 2.05) is 6.07 Å². The minimum Gasteiger partial charge on any atom is -0.496 e. The molecule has 26 heavy (non-hydrogen) atoms. The molecular weight excluding hydrogens is 334 g/mol. The molecule has 0 spiro atoms. The van der Waals surface area contributed by atoms with E-state index in [2.05, 4.69) is 30.6 Å². The van der Waals surface area contributed by atoms with E-state index in [1.54, 1.807) is 42.3 Å². The third-order valence-electron chi connectivity index (χ3n) is 3.93. The number of aryl methyl sites for hydroxylation is 1. The fourth-order valence-corrected chi connectivity index (χ4v) is 2.60. The first-order chi connectivity index (χ1) is 12.7. The summed E-state index contributed by atoms with van der Waals surface area (Å²) in [4.78, 5) is 19.8. The smallest absolute Gasteiger partial charge is 0.226 e. The molecule has 0 unspecified atom stereocenters. The Morgan fingerprint density at radius 3 is 2.96 bits per heavy atom. The van der Waals surface area contributed by atoms with Crippen molar-refractivity contribution in [2.45, 2.75) is 0 Å². The van der Waals surface area contributed by atoms with Crippen molar-refractivity contribution in [3.8, 4) is 17.1 Å². The van der Waals surface area contributed by atoms with Crippen molar-refractivity contribution in [1.29, 1.82) is 0 Å². The maximum Gasteiger partial charge on any atom is 0.226 e. The van der Waals surface area contributed by atoms with Gasteiger partial charge in [0.05, 0.1) is 30.8 Å². The Bertz CT molecular complexity index is 1100. The van der Waals surface area contributed by atoms with Gasteiger partial charge in [-0.15, -0.1) is 5.10 Å². The van der Waals surface area contributed by atoms with Gasteiger partial charge in [0.2, 0.25) is 5.95 Å². The summed E-state index contributed by atoms with van der Waals surface area (Å²) in [7, 11) is 3.31. The molecule has 9 nitrogen and oxygen atoms in total. The van der Waals surface area contributed by atoms with E-state index in [1.165, 1.54) is 7.11 Å². The highest BCUT2D eigenvalue weighted by Gasteiger charge is 2.12. The van der Waals surface area contributed by atoms with E-state index in [4.69, 9.17) is 4.74 Å². The van der Waals surface area contributed by atoms with Crippen molar-refractivity contribution in [1.82, 2.24) is 29.9 Å². The highest BCUT2D eigenvalue weighted by atomic mass is 16.5. The molecule has 0 radical (unpaired) electrons. The molecule has 0 aliphatic rings. The van der Waals surface area contributed by atoms with Gasteiger partial charge >= 0.3 is 0 Å². The summed E-state index contributed by atoms with van der Waals surface area (Å²) in [5, 5.41) is 15.3. The van der Waals surface area contributed by atoms with Gasteiger partial charge in [0.1, 0.15) is 5.75 Å². The molecule has 3 aromatic heterocycles. The van der Waals surface area contributed by atoms with Crippen LogP contribution in [0.1, 0.15) is 10.4 Å². The molecule has 0 atom stereocenters. The molecule has 3 heterocycles. The second-order valence-corrected chi connectivity index (χ2v) is 5.61. The van der Waals surface area contributed by atoms with Gasteiger partial charge in [-0.25, -0.2) is 9.67 Å². The van der Waals surface area contributed by atoms with E-state index in [9.17, 15) is 4.79 Å². The third kappa shape index (κ3) is 2.75. The summed E-state index contributed by atoms with van der Waals surface area (Å²) in [6, 6.07) is 7.12. The lowest BCUT2D eigenvalue weighted by Gasteiger charge is -2.04. The fourth-order valence-electron chi connectivity index (χ4n) is 2.60. The summed E-state index contributed by atoms with van der Waals surface area (Å²) >= 11 is 0. The Kier molecular flexibility index (Phi) is 3.81. The first-order valence-electron chi connectivity index (χ1n) is 7.78. The van der Waals surface area contributed by atoms with Crippen molar-refractivity contribution in [2.75, 3.05) is 12.4 Å². The van der Waals surface area contributed by atoms with Gasteiger partial charge in [-0.05, 0) is 18.2 Å². The van der Waals surface area contributed by atoms with Crippen molar-refractivity contribution in [3.63, 3.8) is 0 Å².